The molecule has 0 fully saturated rings. The average molecular weight is 274 g/mol. The Kier molecular flexibility index (Phi) is 2.78. The monoisotopic (exact) mass is 274 g/mol. The minimum Gasteiger partial charge on any atom is -0.305 e. The molecule has 4 nitrogen and oxygen atoms in total. The van der Waals surface area contributed by atoms with Gasteiger partial charge in [0.15, 0.2) is 11.6 Å². The molecule has 0 N–H and O–H groups in total. The van der Waals surface area contributed by atoms with Gasteiger partial charge >= 0.3 is 0 Å². The van der Waals surface area contributed by atoms with Gasteiger partial charge in [-0.25, -0.2) is 9.97 Å². The molecule has 0 amide bonds. The fraction of sp³-hybridized carbons (Fsp3) is 0.0588. The fourth-order valence-electron chi connectivity index (χ4n) is 2.60. The van der Waals surface area contributed by atoms with Crippen molar-refractivity contribution in [2.24, 2.45) is 0 Å². The van der Waals surface area contributed by atoms with E-state index in [-0.39, 0.29) is 0 Å². The molecule has 0 unspecified atom stereocenters. The summed E-state index contributed by atoms with van der Waals surface area (Å²) in [5.74, 6) is 1.79. The van der Waals surface area contributed by atoms with Gasteiger partial charge in [-0.2, -0.15) is 0 Å². The topological polar surface area (TPSA) is 32.3 Å². The number of para-hydroxylation sites is 2. The van der Waals surface area contributed by atoms with Gasteiger partial charge in [0, 0.05) is 23.8 Å². The van der Waals surface area contributed by atoms with Crippen LogP contribution in [0.4, 0.5) is 23.0 Å². The van der Waals surface area contributed by atoms with E-state index in [1.807, 2.05) is 36.4 Å². The zero-order valence-corrected chi connectivity index (χ0v) is 11.4. The lowest BCUT2D eigenvalue weighted by Gasteiger charge is -2.20. The van der Waals surface area contributed by atoms with Gasteiger partial charge in [-0.15, -0.1) is 0 Å². The van der Waals surface area contributed by atoms with E-state index in [1.54, 1.807) is 12.4 Å². The maximum absolute atomic E-state index is 4.51. The minimum atomic E-state index is 0.716. The molecular weight excluding hydrogens is 260 g/mol. The zero-order chi connectivity index (χ0) is 14.1. The molecule has 0 aliphatic carbocycles. The van der Waals surface area contributed by atoms with Gasteiger partial charge in [0.05, 0.1) is 0 Å². The first-order chi connectivity index (χ1) is 10.4. The molecule has 3 aromatic rings. The van der Waals surface area contributed by atoms with Crippen LogP contribution in [0.2, 0.25) is 0 Å². The van der Waals surface area contributed by atoms with E-state index in [0.29, 0.717) is 6.67 Å². The number of hydrogen-bond acceptors (Lipinski definition) is 4. The minimum absolute atomic E-state index is 0.716. The molecule has 4 heteroatoms. The van der Waals surface area contributed by atoms with Crippen molar-refractivity contribution in [3.8, 4) is 0 Å². The fourth-order valence-corrected chi connectivity index (χ4v) is 2.60. The average Bonchev–Trinajstić information content (AvgIpc) is 2.96. The zero-order valence-electron chi connectivity index (χ0n) is 11.4. The Labute approximate surface area is 123 Å². The highest BCUT2D eigenvalue weighted by molar-refractivity contribution is 5.81. The van der Waals surface area contributed by atoms with Crippen LogP contribution in [-0.2, 0) is 0 Å². The number of benzene rings is 2. The lowest BCUT2D eigenvalue weighted by molar-refractivity contribution is 0.976. The van der Waals surface area contributed by atoms with E-state index in [1.165, 1.54) is 0 Å². The molecule has 1 aliphatic heterocycles. The SMILES string of the molecule is c1ccc(N2CN(c3ccccc3)c3nccnc32)cc1. The molecule has 0 saturated heterocycles. The Balaban J connectivity index is 1.81. The summed E-state index contributed by atoms with van der Waals surface area (Å²) in [5.41, 5.74) is 2.25. The van der Waals surface area contributed by atoms with E-state index < -0.39 is 0 Å². The molecule has 0 atom stereocenters. The normalized spacial score (nSPS) is 13.3. The summed E-state index contributed by atoms with van der Waals surface area (Å²) in [6.07, 6.45) is 3.48. The predicted octanol–water partition coefficient (Wildman–Crippen LogP) is 3.72. The number of anilines is 4. The van der Waals surface area contributed by atoms with E-state index in [9.17, 15) is 0 Å². The molecule has 0 radical (unpaired) electrons. The molecule has 1 aromatic heterocycles. The second-order valence-electron chi connectivity index (χ2n) is 4.87. The summed E-state index contributed by atoms with van der Waals surface area (Å²) in [4.78, 5) is 13.4. The lowest BCUT2D eigenvalue weighted by atomic mass is 10.3. The van der Waals surface area contributed by atoms with Gasteiger partial charge < -0.3 is 9.80 Å². The third-order valence-electron chi connectivity index (χ3n) is 3.59. The van der Waals surface area contributed by atoms with Crippen LogP contribution < -0.4 is 9.80 Å². The van der Waals surface area contributed by atoms with Crippen molar-refractivity contribution in [1.29, 1.82) is 0 Å². The van der Waals surface area contributed by atoms with Crippen molar-refractivity contribution >= 4 is 23.0 Å². The standard InChI is InChI=1S/C17H14N4/c1-3-7-14(8-4-1)20-13-21(15-9-5-2-6-10-15)17-16(20)18-11-12-19-17/h1-12H,13H2. The largest absolute Gasteiger partial charge is 0.305 e. The van der Waals surface area contributed by atoms with Crippen molar-refractivity contribution in [2.75, 3.05) is 16.5 Å². The molecular formula is C17H14N4. The van der Waals surface area contributed by atoms with Gasteiger partial charge in [0.1, 0.15) is 6.67 Å². The Bertz CT molecular complexity index is 679. The van der Waals surface area contributed by atoms with Gasteiger partial charge in [0.25, 0.3) is 0 Å². The van der Waals surface area contributed by atoms with Crippen LogP contribution in [0.15, 0.2) is 73.1 Å². The Morgan fingerprint density at radius 2 is 1.05 bits per heavy atom. The maximum atomic E-state index is 4.51. The molecule has 0 saturated carbocycles. The maximum Gasteiger partial charge on any atom is 0.178 e. The van der Waals surface area contributed by atoms with Crippen LogP contribution in [0.1, 0.15) is 0 Å². The highest BCUT2D eigenvalue weighted by atomic mass is 15.4. The predicted molar refractivity (Wildman–Crippen MR) is 84.1 cm³/mol. The summed E-state index contributed by atoms with van der Waals surface area (Å²) in [6, 6.07) is 20.6. The number of nitrogens with zero attached hydrogens (tertiary/aromatic N) is 4. The summed E-state index contributed by atoms with van der Waals surface area (Å²) in [7, 11) is 0. The van der Waals surface area contributed by atoms with Gasteiger partial charge in [-0.05, 0) is 24.3 Å². The third-order valence-corrected chi connectivity index (χ3v) is 3.59. The van der Waals surface area contributed by atoms with Crippen molar-refractivity contribution in [3.05, 3.63) is 73.1 Å². The highest BCUT2D eigenvalue weighted by Crippen LogP contribution is 2.40. The summed E-state index contributed by atoms with van der Waals surface area (Å²) in [6.45, 7) is 0.716. The first-order valence-corrected chi connectivity index (χ1v) is 6.90. The second kappa shape index (κ2) is 4.90. The summed E-state index contributed by atoms with van der Waals surface area (Å²) < 4.78 is 0. The van der Waals surface area contributed by atoms with Crippen LogP contribution in [0, 0.1) is 0 Å². The molecule has 102 valence electrons. The summed E-state index contributed by atoms with van der Waals surface area (Å²) in [5, 5.41) is 0. The summed E-state index contributed by atoms with van der Waals surface area (Å²) >= 11 is 0. The van der Waals surface area contributed by atoms with Crippen molar-refractivity contribution < 1.29 is 0 Å². The Hall–Kier alpha value is -2.88. The van der Waals surface area contributed by atoms with Crippen LogP contribution in [0.3, 0.4) is 0 Å². The molecule has 21 heavy (non-hydrogen) atoms. The van der Waals surface area contributed by atoms with E-state index >= 15 is 0 Å². The van der Waals surface area contributed by atoms with E-state index in [4.69, 9.17) is 0 Å². The van der Waals surface area contributed by atoms with E-state index in [0.717, 1.165) is 23.0 Å². The number of fused-ring (bicyclic) bond motifs is 1. The van der Waals surface area contributed by atoms with Gasteiger partial charge in [0.2, 0.25) is 0 Å². The first-order valence-electron chi connectivity index (χ1n) is 6.90. The quantitative estimate of drug-likeness (QED) is 0.713. The van der Waals surface area contributed by atoms with Crippen molar-refractivity contribution in [2.45, 2.75) is 0 Å². The number of aromatic nitrogens is 2. The van der Waals surface area contributed by atoms with Crippen LogP contribution in [0.5, 0.6) is 0 Å². The Morgan fingerprint density at radius 1 is 0.619 bits per heavy atom. The molecule has 1 aliphatic rings. The highest BCUT2D eigenvalue weighted by Gasteiger charge is 2.30. The molecule has 2 heterocycles. The van der Waals surface area contributed by atoms with Crippen molar-refractivity contribution in [1.82, 2.24) is 9.97 Å². The van der Waals surface area contributed by atoms with Crippen molar-refractivity contribution in [3.63, 3.8) is 0 Å². The lowest BCUT2D eigenvalue weighted by Crippen LogP contribution is -2.24. The smallest absolute Gasteiger partial charge is 0.178 e. The molecule has 0 bridgehead atoms. The van der Waals surface area contributed by atoms with Crippen LogP contribution >= 0.6 is 0 Å². The molecule has 0 spiro atoms. The first kappa shape index (κ1) is 11.9. The second-order valence-corrected chi connectivity index (χ2v) is 4.87. The van der Waals surface area contributed by atoms with Crippen LogP contribution in [0.25, 0.3) is 0 Å². The van der Waals surface area contributed by atoms with Gasteiger partial charge in [-0.1, -0.05) is 36.4 Å². The molecule has 2 aromatic carbocycles. The van der Waals surface area contributed by atoms with E-state index in [2.05, 4.69) is 44.0 Å². The van der Waals surface area contributed by atoms with Crippen LogP contribution in [-0.4, -0.2) is 16.6 Å². The number of rotatable bonds is 2. The van der Waals surface area contributed by atoms with Gasteiger partial charge in [-0.3, -0.25) is 0 Å². The number of hydrogen-bond donors (Lipinski definition) is 0. The Morgan fingerprint density at radius 3 is 1.48 bits per heavy atom. The third kappa shape index (κ3) is 2.01. The molecule has 4 rings (SSSR count).